The van der Waals surface area contributed by atoms with Crippen LogP contribution in [0.5, 0.6) is 17.2 Å². The molecule has 5 atom stereocenters. The Hall–Kier alpha value is -3.64. The summed E-state index contributed by atoms with van der Waals surface area (Å²) >= 11 is 0. The first-order chi connectivity index (χ1) is 15.2. The van der Waals surface area contributed by atoms with Gasteiger partial charge in [-0.3, -0.25) is 4.79 Å². The van der Waals surface area contributed by atoms with E-state index in [0.29, 0.717) is 5.56 Å². The average Bonchev–Trinajstić information content (AvgIpc) is 2.77. The van der Waals surface area contributed by atoms with Gasteiger partial charge >= 0.3 is 5.97 Å². The largest absolute Gasteiger partial charge is 0.507 e. The van der Waals surface area contributed by atoms with Crippen LogP contribution in [0.25, 0.3) is 22.3 Å². The summed E-state index contributed by atoms with van der Waals surface area (Å²) in [6.07, 6.45) is -9.56. The molecule has 1 aliphatic heterocycles. The molecule has 0 spiro atoms. The molecule has 0 aliphatic carbocycles. The number of fused-ring (bicyclic) bond motifs is 1. The van der Waals surface area contributed by atoms with Crippen molar-refractivity contribution in [3.05, 3.63) is 52.7 Å². The van der Waals surface area contributed by atoms with Crippen LogP contribution in [-0.4, -0.2) is 67.3 Å². The van der Waals surface area contributed by atoms with Crippen LogP contribution in [0, 0.1) is 0 Å². The lowest BCUT2D eigenvalue weighted by atomic mass is 9.99. The zero-order valence-electron chi connectivity index (χ0n) is 16.2. The van der Waals surface area contributed by atoms with E-state index in [9.17, 15) is 35.1 Å². The van der Waals surface area contributed by atoms with Crippen molar-refractivity contribution < 1.29 is 49.3 Å². The smallest absolute Gasteiger partial charge is 0.335 e. The average molecular weight is 446 g/mol. The van der Waals surface area contributed by atoms with Gasteiger partial charge in [0, 0.05) is 17.7 Å². The molecular formula is C21H18O11. The third kappa shape index (κ3) is 3.63. The number of phenolic OH excluding ortho intramolecular Hbond substituents is 2. The zero-order valence-corrected chi connectivity index (χ0v) is 16.2. The number of aliphatic hydroxyl groups excluding tert-OH is 3. The van der Waals surface area contributed by atoms with Crippen molar-refractivity contribution in [2.45, 2.75) is 30.7 Å². The van der Waals surface area contributed by atoms with Crippen molar-refractivity contribution in [3.8, 4) is 28.6 Å². The van der Waals surface area contributed by atoms with Crippen LogP contribution < -0.4 is 10.2 Å². The molecule has 1 aliphatic rings. The van der Waals surface area contributed by atoms with Gasteiger partial charge in [-0.2, -0.15) is 0 Å². The Bertz CT molecular complexity index is 1220. The topological polar surface area (TPSA) is 187 Å². The van der Waals surface area contributed by atoms with Crippen molar-refractivity contribution in [2.24, 2.45) is 0 Å². The molecule has 2 aromatic carbocycles. The van der Waals surface area contributed by atoms with Crippen LogP contribution in [0.1, 0.15) is 0 Å². The number of hydrogen-bond donors (Lipinski definition) is 6. The molecule has 1 aromatic heterocycles. The van der Waals surface area contributed by atoms with Gasteiger partial charge in [0.05, 0.1) is 0 Å². The maximum Gasteiger partial charge on any atom is 0.335 e. The zero-order chi connectivity index (χ0) is 23.2. The lowest BCUT2D eigenvalue weighted by Gasteiger charge is -2.38. The summed E-state index contributed by atoms with van der Waals surface area (Å²) in [5.74, 6) is -3.42. The highest BCUT2D eigenvalue weighted by Crippen LogP contribution is 2.41. The Morgan fingerprint density at radius 1 is 0.969 bits per heavy atom. The fourth-order valence-corrected chi connectivity index (χ4v) is 3.39. The van der Waals surface area contributed by atoms with Gasteiger partial charge in [0.1, 0.15) is 35.2 Å². The van der Waals surface area contributed by atoms with Gasteiger partial charge in [-0.05, 0) is 0 Å². The summed E-state index contributed by atoms with van der Waals surface area (Å²) < 4.78 is 15.9. The molecule has 0 bridgehead atoms. The van der Waals surface area contributed by atoms with Gasteiger partial charge < -0.3 is 44.5 Å². The van der Waals surface area contributed by atoms with Gasteiger partial charge in [-0.15, -0.1) is 0 Å². The van der Waals surface area contributed by atoms with Crippen LogP contribution in [-0.2, 0) is 9.53 Å². The molecule has 32 heavy (non-hydrogen) atoms. The number of benzene rings is 2. The van der Waals surface area contributed by atoms with E-state index in [4.69, 9.17) is 19.0 Å². The first-order valence-corrected chi connectivity index (χ1v) is 9.36. The Balaban J connectivity index is 1.77. The SMILES string of the molecule is O=C(O)[C@@H]1O[C@@H](Oc2cc(O)c3c(=O)cc(-c4ccccc4)oc3c2O)[C@@H](O)[C@H](O)[C@H]1O. The lowest BCUT2D eigenvalue weighted by Crippen LogP contribution is -2.61. The second-order valence-corrected chi connectivity index (χ2v) is 7.14. The van der Waals surface area contributed by atoms with E-state index in [-0.39, 0.29) is 11.1 Å². The Labute approximate surface area is 178 Å². The van der Waals surface area contributed by atoms with Gasteiger partial charge in [0.15, 0.2) is 22.9 Å². The highest BCUT2D eigenvalue weighted by molar-refractivity contribution is 5.91. The van der Waals surface area contributed by atoms with E-state index in [0.717, 1.165) is 12.1 Å². The number of carboxylic acids is 1. The number of aliphatic hydroxyl groups is 3. The second-order valence-electron chi connectivity index (χ2n) is 7.14. The molecule has 0 saturated carbocycles. The quantitative estimate of drug-likeness (QED) is 0.299. The minimum Gasteiger partial charge on any atom is -0.507 e. The van der Waals surface area contributed by atoms with Crippen molar-refractivity contribution in [2.75, 3.05) is 0 Å². The standard InChI is InChI=1S/C21H18O11/c22-9-6-11(8-4-2-1-3-5-8)30-18-13(9)10(23)7-12(14(18)24)31-21-17(27)15(25)16(26)19(32-21)20(28)29/h1-7,15-17,19,21,23-27H,(H,28,29)/t15-,16-,17+,19-,21-/m1/s1. The van der Waals surface area contributed by atoms with Crippen LogP contribution >= 0.6 is 0 Å². The minimum absolute atomic E-state index is 0.0911. The van der Waals surface area contributed by atoms with Crippen LogP contribution in [0.2, 0.25) is 0 Å². The molecule has 168 valence electrons. The van der Waals surface area contributed by atoms with Gasteiger partial charge in [-0.25, -0.2) is 4.79 Å². The van der Waals surface area contributed by atoms with Crippen molar-refractivity contribution in [1.29, 1.82) is 0 Å². The molecule has 1 saturated heterocycles. The molecule has 0 amide bonds. The first-order valence-electron chi connectivity index (χ1n) is 9.36. The second kappa shape index (κ2) is 8.13. The summed E-state index contributed by atoms with van der Waals surface area (Å²) in [4.78, 5) is 23.8. The fourth-order valence-electron chi connectivity index (χ4n) is 3.39. The number of ether oxygens (including phenoxy) is 2. The summed E-state index contributed by atoms with van der Waals surface area (Å²) in [5, 5.41) is 59.5. The number of carboxylic acid groups (broad SMARTS) is 1. The van der Waals surface area contributed by atoms with Crippen molar-refractivity contribution in [3.63, 3.8) is 0 Å². The molecular weight excluding hydrogens is 428 g/mol. The predicted molar refractivity (Wildman–Crippen MR) is 106 cm³/mol. The molecule has 2 heterocycles. The molecule has 6 N–H and O–H groups in total. The normalized spacial score (nSPS) is 25.5. The van der Waals surface area contributed by atoms with Gasteiger partial charge in [0.2, 0.25) is 12.0 Å². The summed E-state index contributed by atoms with van der Waals surface area (Å²) in [7, 11) is 0. The van der Waals surface area contributed by atoms with Crippen molar-refractivity contribution >= 4 is 16.9 Å². The Morgan fingerprint density at radius 2 is 1.66 bits per heavy atom. The number of rotatable bonds is 4. The van der Waals surface area contributed by atoms with E-state index in [1.165, 1.54) is 0 Å². The van der Waals surface area contributed by atoms with Crippen molar-refractivity contribution in [1.82, 2.24) is 0 Å². The molecule has 11 nitrogen and oxygen atoms in total. The van der Waals surface area contributed by atoms with Gasteiger partial charge in [-0.1, -0.05) is 30.3 Å². The third-order valence-electron chi connectivity index (χ3n) is 5.03. The van der Waals surface area contributed by atoms with E-state index >= 15 is 0 Å². The minimum atomic E-state index is -1.94. The van der Waals surface area contributed by atoms with E-state index in [1.54, 1.807) is 30.3 Å². The summed E-state index contributed by atoms with van der Waals surface area (Å²) in [6, 6.07) is 10.5. The third-order valence-corrected chi connectivity index (χ3v) is 5.03. The highest BCUT2D eigenvalue weighted by Gasteiger charge is 2.48. The molecule has 4 rings (SSSR count). The number of carbonyl (C=O) groups is 1. The van der Waals surface area contributed by atoms with E-state index in [2.05, 4.69) is 0 Å². The lowest BCUT2D eigenvalue weighted by molar-refractivity contribution is -0.271. The van der Waals surface area contributed by atoms with Crippen LogP contribution in [0.3, 0.4) is 0 Å². The molecule has 3 aromatic rings. The monoisotopic (exact) mass is 446 g/mol. The molecule has 1 fully saturated rings. The number of aliphatic carboxylic acids is 1. The number of aromatic hydroxyl groups is 2. The maximum absolute atomic E-state index is 12.5. The van der Waals surface area contributed by atoms with Crippen LogP contribution in [0.4, 0.5) is 0 Å². The van der Waals surface area contributed by atoms with Crippen LogP contribution in [0.15, 0.2) is 51.7 Å². The molecule has 0 radical (unpaired) electrons. The van der Waals surface area contributed by atoms with E-state index < -0.39 is 64.9 Å². The predicted octanol–water partition coefficient (Wildman–Crippen LogP) is 0.142. The Morgan fingerprint density at radius 3 is 2.31 bits per heavy atom. The fraction of sp³-hybridized carbons (Fsp3) is 0.238. The molecule has 11 heteroatoms. The molecule has 0 unspecified atom stereocenters. The first kappa shape index (κ1) is 21.6. The summed E-state index contributed by atoms with van der Waals surface area (Å²) in [5.41, 5.74) is -0.556. The highest BCUT2D eigenvalue weighted by atomic mass is 16.7. The number of hydrogen-bond acceptors (Lipinski definition) is 10. The van der Waals surface area contributed by atoms with Gasteiger partial charge in [0.25, 0.3) is 0 Å². The van der Waals surface area contributed by atoms with E-state index in [1.807, 2.05) is 0 Å². The Kier molecular flexibility index (Phi) is 5.48. The summed E-state index contributed by atoms with van der Waals surface area (Å²) in [6.45, 7) is 0. The maximum atomic E-state index is 12.5. The number of phenols is 2.